The molecule has 1 saturated carbocycles. The summed E-state index contributed by atoms with van der Waals surface area (Å²) in [6, 6.07) is 11.3. The van der Waals surface area contributed by atoms with Crippen LogP contribution in [0.15, 0.2) is 36.4 Å². The predicted octanol–water partition coefficient (Wildman–Crippen LogP) is 10.9. The summed E-state index contributed by atoms with van der Waals surface area (Å²) in [6.45, 7) is 25.0. The molecule has 2 atom stereocenters. The number of nitrogens with zero attached hydrogens (tertiary/aromatic N) is 5. The standard InChI is InChI=1S/C51H67ClFN5O6Si/c1-32(2)65(33(3)4,34(5)6)24-17-40-43(52)16-11-35-25-38(63-31-60-10)26-42(44(35)40)39-14-15-41-46(45(39)53)54-48(62-30-51(18-19-51)29-56-20-22-61-23-21-56)55-47(41)57-27-36-12-13-37(28-57)58(36)49(59)64-50(7,8)9/h11,14-16,25-26,32-34,36-37H,12-13,18-23,27-31H2,1-10H3. The molecule has 4 fully saturated rings. The molecule has 4 aromatic rings. The van der Waals surface area contributed by atoms with Gasteiger partial charge in [0.1, 0.15) is 30.8 Å². The highest BCUT2D eigenvalue weighted by Crippen LogP contribution is 2.48. The van der Waals surface area contributed by atoms with Crippen molar-refractivity contribution in [3.63, 3.8) is 0 Å². The smallest absolute Gasteiger partial charge is 0.410 e. The number of hydrogen-bond acceptors (Lipinski definition) is 10. The Bertz CT molecular complexity index is 2440. The summed E-state index contributed by atoms with van der Waals surface area (Å²) in [6.07, 6.45) is 3.46. The van der Waals surface area contributed by atoms with Gasteiger partial charge in [0.25, 0.3) is 0 Å². The van der Waals surface area contributed by atoms with E-state index in [-0.39, 0.29) is 41.9 Å². The topological polar surface area (TPSA) is 98.7 Å². The number of benzene rings is 3. The Kier molecular flexibility index (Phi) is 13.7. The average molecular weight is 929 g/mol. The molecule has 11 nitrogen and oxygen atoms in total. The first-order valence-corrected chi connectivity index (χ1v) is 26.2. The van der Waals surface area contributed by atoms with E-state index in [9.17, 15) is 4.79 Å². The molecule has 3 saturated heterocycles. The molecule has 350 valence electrons. The molecule has 2 unspecified atom stereocenters. The maximum Gasteiger partial charge on any atom is 0.410 e. The van der Waals surface area contributed by atoms with Crippen molar-refractivity contribution in [3.8, 4) is 34.4 Å². The number of morpholine rings is 1. The highest BCUT2D eigenvalue weighted by molar-refractivity contribution is 6.90. The van der Waals surface area contributed by atoms with Crippen molar-refractivity contribution >= 4 is 53.3 Å². The Labute approximate surface area is 390 Å². The summed E-state index contributed by atoms with van der Waals surface area (Å²) >= 11 is 7.13. The van der Waals surface area contributed by atoms with Crippen LogP contribution in [0.3, 0.4) is 0 Å². The molecule has 1 aliphatic carbocycles. The van der Waals surface area contributed by atoms with Gasteiger partial charge in [0, 0.05) is 61.6 Å². The predicted molar refractivity (Wildman–Crippen MR) is 259 cm³/mol. The second-order valence-electron chi connectivity index (χ2n) is 20.7. The van der Waals surface area contributed by atoms with E-state index in [2.05, 4.69) is 62.8 Å². The monoisotopic (exact) mass is 927 g/mol. The van der Waals surface area contributed by atoms with Crippen molar-refractivity contribution in [3.05, 3.63) is 52.8 Å². The highest BCUT2D eigenvalue weighted by Gasteiger charge is 2.47. The van der Waals surface area contributed by atoms with Gasteiger partial charge in [0.15, 0.2) is 12.6 Å². The number of halogens is 2. The second-order valence-corrected chi connectivity index (χ2v) is 26.7. The molecule has 3 aromatic carbocycles. The van der Waals surface area contributed by atoms with Crippen molar-refractivity contribution in [2.45, 2.75) is 122 Å². The van der Waals surface area contributed by atoms with Crippen LogP contribution in [0.2, 0.25) is 21.6 Å². The van der Waals surface area contributed by atoms with Gasteiger partial charge in [-0.1, -0.05) is 71.2 Å². The lowest BCUT2D eigenvalue weighted by Gasteiger charge is -2.42. The third kappa shape index (κ3) is 9.66. The van der Waals surface area contributed by atoms with Gasteiger partial charge in [0.05, 0.1) is 42.5 Å². The summed E-state index contributed by atoms with van der Waals surface area (Å²) in [4.78, 5) is 30.0. The Balaban J connectivity index is 1.26. The van der Waals surface area contributed by atoms with Crippen LogP contribution in [0.25, 0.3) is 32.8 Å². The molecule has 0 spiro atoms. The zero-order chi connectivity index (χ0) is 46.4. The Morgan fingerprint density at radius 2 is 1.63 bits per heavy atom. The van der Waals surface area contributed by atoms with Crippen LogP contribution in [0.4, 0.5) is 15.0 Å². The molecule has 8 rings (SSSR count). The summed E-state index contributed by atoms with van der Waals surface area (Å²) < 4.78 is 47.4. The van der Waals surface area contributed by atoms with Gasteiger partial charge in [-0.3, -0.25) is 9.80 Å². The lowest BCUT2D eigenvalue weighted by molar-refractivity contribution is 0.0122. The minimum absolute atomic E-state index is 0.0180. The molecule has 4 heterocycles. The number of aromatic nitrogens is 2. The minimum atomic E-state index is -2.19. The molecule has 0 radical (unpaired) electrons. The highest BCUT2D eigenvalue weighted by atomic mass is 35.5. The molecule has 2 bridgehead atoms. The molecule has 0 N–H and O–H groups in total. The molecule has 1 amide bonds. The molecule has 1 aromatic heterocycles. The number of methoxy groups -OCH3 is 1. The van der Waals surface area contributed by atoms with Gasteiger partial charge in [0.2, 0.25) is 0 Å². The van der Waals surface area contributed by atoms with Crippen LogP contribution in [0.5, 0.6) is 11.8 Å². The van der Waals surface area contributed by atoms with Gasteiger partial charge in [-0.15, -0.1) is 5.54 Å². The third-order valence-electron chi connectivity index (χ3n) is 14.2. The normalized spacial score (nSPS) is 19.9. The lowest BCUT2D eigenvalue weighted by Crippen LogP contribution is -2.57. The van der Waals surface area contributed by atoms with Crippen LogP contribution < -0.4 is 14.4 Å². The van der Waals surface area contributed by atoms with Crippen molar-refractivity contribution < 1.29 is 32.9 Å². The number of carbonyl (C=O) groups is 1. The van der Waals surface area contributed by atoms with Gasteiger partial charge in [-0.05, 0) is 98.3 Å². The SMILES string of the molecule is COCOc1cc(-c2ccc3c(N4CC5CCC(C4)N5C(=O)OC(C)(C)C)nc(OCC4(CN5CCOCC5)CC4)nc3c2F)c2c(C#C[Si](C(C)C)(C(C)C)C(C)C)c(Cl)ccc2c1. The Hall–Kier alpha value is -4.19. The number of carbonyl (C=O) groups excluding carboxylic acids is 1. The number of anilines is 1. The molecule has 4 aliphatic rings. The maximum absolute atomic E-state index is 18.0. The van der Waals surface area contributed by atoms with Crippen LogP contribution in [-0.4, -0.2) is 118 Å². The summed E-state index contributed by atoms with van der Waals surface area (Å²) in [5.41, 5.74) is 6.19. The molecular formula is C51H67ClFN5O6Si. The largest absolute Gasteiger partial charge is 0.468 e. The second kappa shape index (κ2) is 18.8. The van der Waals surface area contributed by atoms with E-state index >= 15 is 4.39 Å². The number of piperazine rings is 1. The van der Waals surface area contributed by atoms with E-state index in [0.717, 1.165) is 69.3 Å². The number of rotatable bonds is 13. The fourth-order valence-corrected chi connectivity index (χ4v) is 16.3. The quantitative estimate of drug-likeness (QED) is 0.0732. The van der Waals surface area contributed by atoms with Gasteiger partial charge in [-0.25, -0.2) is 9.18 Å². The first kappa shape index (κ1) is 47.3. The lowest BCUT2D eigenvalue weighted by atomic mass is 9.93. The third-order valence-corrected chi connectivity index (χ3v) is 20.8. The fraction of sp³-hybridized carbons (Fsp3) is 0.588. The van der Waals surface area contributed by atoms with Crippen molar-refractivity contribution in [1.29, 1.82) is 0 Å². The van der Waals surface area contributed by atoms with E-state index < -0.39 is 19.5 Å². The summed E-state index contributed by atoms with van der Waals surface area (Å²) in [5, 5.41) is 2.62. The maximum atomic E-state index is 18.0. The van der Waals surface area contributed by atoms with Crippen LogP contribution in [0, 0.1) is 22.7 Å². The summed E-state index contributed by atoms with van der Waals surface area (Å²) in [5.74, 6) is 4.22. The number of hydrogen-bond donors (Lipinski definition) is 0. The number of fused-ring (bicyclic) bond motifs is 4. The van der Waals surface area contributed by atoms with Gasteiger partial charge in [-0.2, -0.15) is 9.97 Å². The van der Waals surface area contributed by atoms with Crippen LogP contribution in [-0.2, 0) is 14.2 Å². The molecule has 3 aliphatic heterocycles. The Morgan fingerprint density at radius 3 is 2.25 bits per heavy atom. The van der Waals surface area contributed by atoms with E-state index in [1.807, 2.05) is 56.0 Å². The van der Waals surface area contributed by atoms with Crippen molar-refractivity contribution in [2.75, 3.05) is 71.3 Å². The first-order valence-electron chi connectivity index (χ1n) is 23.5. The Morgan fingerprint density at radius 1 is 0.954 bits per heavy atom. The zero-order valence-corrected chi connectivity index (χ0v) is 41.7. The number of ether oxygens (including phenoxy) is 5. The molecule has 65 heavy (non-hydrogen) atoms. The van der Waals surface area contributed by atoms with E-state index in [4.69, 9.17) is 45.3 Å². The minimum Gasteiger partial charge on any atom is -0.468 e. The van der Waals surface area contributed by atoms with E-state index in [1.165, 1.54) is 0 Å². The van der Waals surface area contributed by atoms with Gasteiger partial charge < -0.3 is 28.6 Å². The number of amides is 1. The first-order chi connectivity index (χ1) is 30.9. The molecular weight excluding hydrogens is 861 g/mol. The summed E-state index contributed by atoms with van der Waals surface area (Å²) in [7, 11) is -0.617. The van der Waals surface area contributed by atoms with E-state index in [1.54, 1.807) is 13.2 Å². The van der Waals surface area contributed by atoms with Crippen molar-refractivity contribution in [1.82, 2.24) is 19.8 Å². The van der Waals surface area contributed by atoms with Crippen LogP contribution >= 0.6 is 11.6 Å². The fourth-order valence-electron chi connectivity index (χ4n) is 10.9. The van der Waals surface area contributed by atoms with E-state index in [0.29, 0.717) is 75.0 Å². The van der Waals surface area contributed by atoms with Crippen LogP contribution in [0.1, 0.15) is 93.6 Å². The van der Waals surface area contributed by atoms with Gasteiger partial charge >= 0.3 is 12.1 Å². The van der Waals surface area contributed by atoms with Crippen molar-refractivity contribution in [2.24, 2.45) is 5.41 Å². The molecule has 14 heteroatoms. The zero-order valence-electron chi connectivity index (χ0n) is 40.0. The average Bonchev–Trinajstić information content (AvgIpc) is 3.96.